The molecule has 0 N–H and O–H groups in total. The van der Waals surface area contributed by atoms with Crippen molar-refractivity contribution in [1.29, 1.82) is 0 Å². The van der Waals surface area contributed by atoms with Gasteiger partial charge in [-0.3, -0.25) is 0 Å². The number of esters is 1. The lowest BCUT2D eigenvalue weighted by Crippen LogP contribution is -2.36. The van der Waals surface area contributed by atoms with Crippen LogP contribution in [0, 0.1) is 0 Å². The molecule has 1 unspecified atom stereocenters. The molecule has 0 saturated carbocycles. The third-order valence-electron chi connectivity index (χ3n) is 3.94. The lowest BCUT2D eigenvalue weighted by atomic mass is 10.0. The first-order valence-electron chi connectivity index (χ1n) is 9.13. The maximum absolute atomic E-state index is 11.3. The van der Waals surface area contributed by atoms with Crippen LogP contribution in [0.3, 0.4) is 0 Å². The lowest BCUT2D eigenvalue weighted by molar-refractivity contribution is -0.139. The summed E-state index contributed by atoms with van der Waals surface area (Å²) in [5.74, 6) is -0.263. The van der Waals surface area contributed by atoms with Gasteiger partial charge in [-0.25, -0.2) is 4.79 Å². The van der Waals surface area contributed by atoms with Crippen molar-refractivity contribution >= 4 is 5.97 Å². The van der Waals surface area contributed by atoms with Crippen LogP contribution >= 0.6 is 0 Å². The summed E-state index contributed by atoms with van der Waals surface area (Å²) in [5, 5.41) is 0. The van der Waals surface area contributed by atoms with Gasteiger partial charge >= 0.3 is 5.97 Å². The predicted octanol–water partition coefficient (Wildman–Crippen LogP) is 4.96. The summed E-state index contributed by atoms with van der Waals surface area (Å²) in [6.45, 7) is 15.0. The van der Waals surface area contributed by atoms with Gasteiger partial charge in [-0.05, 0) is 58.5 Å². The first-order valence-corrected chi connectivity index (χ1v) is 9.13. The van der Waals surface area contributed by atoms with Gasteiger partial charge in [0.25, 0.3) is 0 Å². The number of rotatable bonds is 14. The summed E-state index contributed by atoms with van der Waals surface area (Å²) >= 11 is 0. The number of hydrogen-bond donors (Lipinski definition) is 0. The van der Waals surface area contributed by atoms with E-state index in [0.717, 1.165) is 12.8 Å². The minimum absolute atomic E-state index is 0.263. The highest BCUT2D eigenvalue weighted by molar-refractivity contribution is 5.86. The van der Waals surface area contributed by atoms with E-state index < -0.39 is 0 Å². The van der Waals surface area contributed by atoms with Gasteiger partial charge in [0.2, 0.25) is 0 Å². The van der Waals surface area contributed by atoms with Crippen LogP contribution in [0.25, 0.3) is 0 Å². The summed E-state index contributed by atoms with van der Waals surface area (Å²) in [7, 11) is 0. The number of hydrogen-bond acceptors (Lipinski definition) is 3. The molecule has 0 bridgehead atoms. The molecule has 0 saturated heterocycles. The number of nitrogens with zero attached hydrogens (tertiary/aromatic N) is 1. The van der Waals surface area contributed by atoms with Gasteiger partial charge in [0, 0.05) is 11.6 Å². The van der Waals surface area contributed by atoms with Gasteiger partial charge in [0.15, 0.2) is 0 Å². The third-order valence-corrected chi connectivity index (χ3v) is 3.94. The van der Waals surface area contributed by atoms with Crippen molar-refractivity contribution in [2.24, 2.45) is 0 Å². The van der Waals surface area contributed by atoms with E-state index in [1.165, 1.54) is 51.6 Å². The van der Waals surface area contributed by atoms with E-state index in [2.05, 4.69) is 32.3 Å². The summed E-state index contributed by atoms with van der Waals surface area (Å²) in [6.07, 6.45) is 9.60. The molecule has 0 heterocycles. The highest BCUT2D eigenvalue weighted by atomic mass is 16.5. The fourth-order valence-electron chi connectivity index (χ4n) is 2.77. The van der Waals surface area contributed by atoms with E-state index in [9.17, 15) is 4.79 Å². The molecule has 0 rings (SSSR count). The Balaban J connectivity index is 4.16. The van der Waals surface area contributed by atoms with Crippen molar-refractivity contribution < 1.29 is 9.53 Å². The van der Waals surface area contributed by atoms with Gasteiger partial charge in [-0.15, -0.1) is 0 Å². The topological polar surface area (TPSA) is 29.5 Å². The fraction of sp³-hybridized carbons (Fsp3) is 0.842. The molecular formula is C19H37NO2. The Kier molecular flexibility index (Phi) is 13.3. The van der Waals surface area contributed by atoms with E-state index in [1.807, 2.05) is 0 Å². The molecule has 22 heavy (non-hydrogen) atoms. The highest BCUT2D eigenvalue weighted by Gasteiger charge is 2.16. The summed E-state index contributed by atoms with van der Waals surface area (Å²) < 4.78 is 5.17. The van der Waals surface area contributed by atoms with Crippen LogP contribution < -0.4 is 0 Å². The minimum atomic E-state index is -0.263. The quantitative estimate of drug-likeness (QED) is 0.258. The molecule has 1 atom stereocenters. The molecule has 0 aliphatic heterocycles. The molecule has 0 aliphatic rings. The van der Waals surface area contributed by atoms with E-state index in [-0.39, 0.29) is 5.97 Å². The average molecular weight is 312 g/mol. The molecule has 0 aromatic rings. The van der Waals surface area contributed by atoms with Gasteiger partial charge in [-0.1, -0.05) is 40.2 Å². The summed E-state index contributed by atoms with van der Waals surface area (Å²) in [6, 6.07) is 0.691. The van der Waals surface area contributed by atoms with E-state index in [1.54, 1.807) is 6.92 Å². The molecular weight excluding hydrogens is 274 g/mol. The van der Waals surface area contributed by atoms with Gasteiger partial charge < -0.3 is 9.64 Å². The van der Waals surface area contributed by atoms with Crippen molar-refractivity contribution in [2.75, 3.05) is 19.7 Å². The smallest absolute Gasteiger partial charge is 0.333 e. The highest BCUT2D eigenvalue weighted by Crippen LogP contribution is 2.17. The Hall–Kier alpha value is -0.830. The largest absolute Gasteiger partial charge is 0.462 e. The molecule has 0 aromatic carbocycles. The Morgan fingerprint density at radius 2 is 1.59 bits per heavy atom. The van der Waals surface area contributed by atoms with Gasteiger partial charge in [0.05, 0.1) is 6.61 Å². The minimum Gasteiger partial charge on any atom is -0.462 e. The molecule has 3 heteroatoms. The van der Waals surface area contributed by atoms with Crippen LogP contribution in [-0.4, -0.2) is 36.6 Å². The zero-order valence-electron chi connectivity index (χ0n) is 15.3. The number of carbonyl (C=O) groups excluding carboxylic acids is 1. The van der Waals surface area contributed by atoms with Gasteiger partial charge in [0.1, 0.15) is 0 Å². The molecule has 0 aromatic heterocycles. The van der Waals surface area contributed by atoms with Crippen LogP contribution in [0.15, 0.2) is 12.2 Å². The maximum Gasteiger partial charge on any atom is 0.333 e. The molecule has 0 amide bonds. The van der Waals surface area contributed by atoms with Crippen LogP contribution in [0.4, 0.5) is 0 Å². The number of ether oxygens (including phenoxy) is 1. The molecule has 3 nitrogen and oxygen atoms in total. The van der Waals surface area contributed by atoms with Crippen LogP contribution in [-0.2, 0) is 9.53 Å². The van der Waals surface area contributed by atoms with Crippen LogP contribution in [0.5, 0.6) is 0 Å². The fourth-order valence-corrected chi connectivity index (χ4v) is 2.77. The van der Waals surface area contributed by atoms with E-state index in [4.69, 9.17) is 4.74 Å². The Bertz CT molecular complexity index is 296. The normalized spacial score (nSPS) is 12.4. The molecule has 130 valence electrons. The summed E-state index contributed by atoms with van der Waals surface area (Å²) in [5.41, 5.74) is 0.484. The van der Waals surface area contributed by atoms with Crippen molar-refractivity contribution in [3.8, 4) is 0 Å². The molecule has 0 radical (unpaired) electrons. The molecule has 0 spiro atoms. The standard InChI is InChI=1S/C19H37NO2/c1-6-9-12-18(20(14-7-2)15-8-3)13-10-11-16-22-19(21)17(4)5/h18H,4,6-16H2,1-3,5H3. The SMILES string of the molecule is C=C(C)C(=O)OCCCCC(CCCC)N(CCC)CCC. The van der Waals surface area contributed by atoms with Crippen LogP contribution in [0.2, 0.25) is 0 Å². The van der Waals surface area contributed by atoms with Crippen molar-refractivity contribution in [3.05, 3.63) is 12.2 Å². The Morgan fingerprint density at radius 1 is 1.00 bits per heavy atom. The average Bonchev–Trinajstić information content (AvgIpc) is 2.49. The summed E-state index contributed by atoms with van der Waals surface area (Å²) in [4.78, 5) is 14.0. The molecule has 0 aliphatic carbocycles. The second-order valence-electron chi connectivity index (χ2n) is 6.24. The second-order valence-corrected chi connectivity index (χ2v) is 6.24. The zero-order valence-corrected chi connectivity index (χ0v) is 15.3. The second kappa shape index (κ2) is 13.8. The first kappa shape index (κ1) is 21.2. The predicted molar refractivity (Wildman–Crippen MR) is 95.1 cm³/mol. The van der Waals surface area contributed by atoms with Crippen molar-refractivity contribution in [3.63, 3.8) is 0 Å². The Labute approximate surface area is 138 Å². The third kappa shape index (κ3) is 9.99. The number of unbranched alkanes of at least 4 members (excludes halogenated alkanes) is 2. The maximum atomic E-state index is 11.3. The monoisotopic (exact) mass is 311 g/mol. The van der Waals surface area contributed by atoms with E-state index in [0.29, 0.717) is 18.2 Å². The first-order chi connectivity index (χ1) is 10.6. The Morgan fingerprint density at radius 3 is 2.09 bits per heavy atom. The van der Waals surface area contributed by atoms with E-state index >= 15 is 0 Å². The van der Waals surface area contributed by atoms with Crippen LogP contribution in [0.1, 0.15) is 79.1 Å². The van der Waals surface area contributed by atoms with Crippen molar-refractivity contribution in [2.45, 2.75) is 85.1 Å². The lowest BCUT2D eigenvalue weighted by Gasteiger charge is -2.31. The van der Waals surface area contributed by atoms with Gasteiger partial charge in [-0.2, -0.15) is 0 Å². The number of carbonyl (C=O) groups is 1. The van der Waals surface area contributed by atoms with Crippen molar-refractivity contribution in [1.82, 2.24) is 4.90 Å². The zero-order chi connectivity index (χ0) is 16.8. The molecule has 0 fully saturated rings.